The lowest BCUT2D eigenvalue weighted by molar-refractivity contribution is -0.116. The fourth-order valence-electron chi connectivity index (χ4n) is 2.10. The van der Waals surface area contributed by atoms with Gasteiger partial charge in [0, 0.05) is 24.9 Å². The molecule has 1 N–H and O–H groups in total. The van der Waals surface area contributed by atoms with Crippen LogP contribution in [0.3, 0.4) is 0 Å². The molecule has 0 atom stereocenters. The topological polar surface area (TPSA) is 77.0 Å². The summed E-state index contributed by atoms with van der Waals surface area (Å²) in [7, 11) is 1.56. The highest BCUT2D eigenvalue weighted by molar-refractivity contribution is 5.91. The van der Waals surface area contributed by atoms with E-state index in [0.29, 0.717) is 18.1 Å². The Balaban J connectivity index is 1.59. The summed E-state index contributed by atoms with van der Waals surface area (Å²) in [6.45, 7) is 0.392. The Labute approximate surface area is 139 Å². The highest BCUT2D eigenvalue weighted by Crippen LogP contribution is 2.09. The Morgan fingerprint density at radius 3 is 2.71 bits per heavy atom. The van der Waals surface area contributed by atoms with E-state index in [1.54, 1.807) is 31.6 Å². The molecule has 2 aromatic heterocycles. The number of aromatic nitrogens is 3. The summed E-state index contributed by atoms with van der Waals surface area (Å²) in [6, 6.07) is 11.2. The number of rotatable bonds is 5. The number of amides is 1. The van der Waals surface area contributed by atoms with Gasteiger partial charge in [-0.25, -0.2) is 9.97 Å². The lowest BCUT2D eigenvalue weighted by atomic mass is 10.2. The summed E-state index contributed by atoms with van der Waals surface area (Å²) in [4.78, 5) is 24.7. The summed E-state index contributed by atoms with van der Waals surface area (Å²) in [6.07, 6.45) is 6.38. The highest BCUT2D eigenvalue weighted by atomic mass is 16.5. The molecule has 2 heterocycles. The quantitative estimate of drug-likeness (QED) is 0.730. The van der Waals surface area contributed by atoms with Crippen molar-refractivity contribution in [2.75, 3.05) is 7.11 Å². The molecule has 6 heteroatoms. The molecule has 6 nitrogen and oxygen atoms in total. The van der Waals surface area contributed by atoms with Crippen molar-refractivity contribution < 1.29 is 9.53 Å². The van der Waals surface area contributed by atoms with E-state index >= 15 is 0 Å². The second kappa shape index (κ2) is 7.32. The lowest BCUT2D eigenvalue weighted by Crippen LogP contribution is -2.20. The SMILES string of the molecule is COc1ccc(CNC(=O)/C=C/c2cnc3ccccc3n2)cn1. The molecule has 0 fully saturated rings. The number of benzene rings is 1. The van der Waals surface area contributed by atoms with Gasteiger partial charge >= 0.3 is 0 Å². The molecule has 120 valence electrons. The maximum Gasteiger partial charge on any atom is 0.244 e. The van der Waals surface area contributed by atoms with E-state index in [9.17, 15) is 4.79 Å². The predicted molar refractivity (Wildman–Crippen MR) is 91.2 cm³/mol. The summed E-state index contributed by atoms with van der Waals surface area (Å²) >= 11 is 0. The molecule has 0 saturated carbocycles. The van der Waals surface area contributed by atoms with Gasteiger partial charge in [-0.2, -0.15) is 0 Å². The van der Waals surface area contributed by atoms with Crippen molar-refractivity contribution >= 4 is 23.0 Å². The summed E-state index contributed by atoms with van der Waals surface area (Å²) in [5.41, 5.74) is 3.15. The first-order valence-corrected chi connectivity index (χ1v) is 7.41. The van der Waals surface area contributed by atoms with Crippen LogP contribution in [0.5, 0.6) is 5.88 Å². The largest absolute Gasteiger partial charge is 0.481 e. The van der Waals surface area contributed by atoms with Crippen LogP contribution in [0.25, 0.3) is 17.1 Å². The molecule has 1 aromatic carbocycles. The van der Waals surface area contributed by atoms with Gasteiger partial charge in [-0.1, -0.05) is 18.2 Å². The fraction of sp³-hybridized carbons (Fsp3) is 0.111. The van der Waals surface area contributed by atoms with Crippen LogP contribution >= 0.6 is 0 Å². The molecule has 0 saturated heterocycles. The molecule has 3 rings (SSSR count). The second-order valence-corrected chi connectivity index (χ2v) is 5.04. The average molecular weight is 320 g/mol. The number of methoxy groups -OCH3 is 1. The van der Waals surface area contributed by atoms with Crippen LogP contribution in [0, 0.1) is 0 Å². The molecule has 0 aliphatic carbocycles. The average Bonchev–Trinajstić information content (AvgIpc) is 2.65. The van der Waals surface area contributed by atoms with E-state index in [1.807, 2.05) is 30.3 Å². The zero-order chi connectivity index (χ0) is 16.8. The highest BCUT2D eigenvalue weighted by Gasteiger charge is 2.00. The van der Waals surface area contributed by atoms with E-state index in [2.05, 4.69) is 20.3 Å². The monoisotopic (exact) mass is 320 g/mol. The predicted octanol–water partition coefficient (Wildman–Crippen LogP) is 2.36. The van der Waals surface area contributed by atoms with Crippen LogP contribution < -0.4 is 10.1 Å². The number of nitrogens with zero attached hydrogens (tertiary/aromatic N) is 3. The molecule has 0 radical (unpaired) electrons. The molecule has 1 amide bonds. The number of hydrogen-bond acceptors (Lipinski definition) is 5. The van der Waals surface area contributed by atoms with Crippen LogP contribution in [-0.2, 0) is 11.3 Å². The first-order valence-electron chi connectivity index (χ1n) is 7.41. The minimum atomic E-state index is -0.208. The van der Waals surface area contributed by atoms with Gasteiger partial charge < -0.3 is 10.1 Å². The molecule has 0 aliphatic rings. The van der Waals surface area contributed by atoms with Crippen molar-refractivity contribution in [3.8, 4) is 5.88 Å². The summed E-state index contributed by atoms with van der Waals surface area (Å²) in [5.74, 6) is 0.334. The number of nitrogens with one attached hydrogen (secondary N) is 1. The molecule has 0 aliphatic heterocycles. The fourth-order valence-corrected chi connectivity index (χ4v) is 2.10. The molecule has 0 spiro atoms. The van der Waals surface area contributed by atoms with Gasteiger partial charge in [0.05, 0.1) is 30.0 Å². The van der Waals surface area contributed by atoms with Crippen molar-refractivity contribution in [1.82, 2.24) is 20.3 Å². The van der Waals surface area contributed by atoms with Gasteiger partial charge in [-0.15, -0.1) is 0 Å². The number of para-hydroxylation sites is 2. The van der Waals surface area contributed by atoms with E-state index in [1.165, 1.54) is 6.08 Å². The zero-order valence-corrected chi connectivity index (χ0v) is 13.1. The van der Waals surface area contributed by atoms with E-state index in [4.69, 9.17) is 4.74 Å². The zero-order valence-electron chi connectivity index (χ0n) is 13.1. The van der Waals surface area contributed by atoms with Gasteiger partial charge in [0.2, 0.25) is 11.8 Å². The first kappa shape index (κ1) is 15.6. The smallest absolute Gasteiger partial charge is 0.244 e. The third-order valence-corrected chi connectivity index (χ3v) is 3.35. The van der Waals surface area contributed by atoms with E-state index < -0.39 is 0 Å². The first-order chi connectivity index (χ1) is 11.7. The molecular weight excluding hydrogens is 304 g/mol. The minimum Gasteiger partial charge on any atom is -0.481 e. The van der Waals surface area contributed by atoms with Crippen LogP contribution in [0.15, 0.2) is 54.9 Å². The minimum absolute atomic E-state index is 0.208. The Kier molecular flexibility index (Phi) is 4.76. The van der Waals surface area contributed by atoms with Crippen LogP contribution in [-0.4, -0.2) is 28.0 Å². The molecule has 24 heavy (non-hydrogen) atoms. The number of hydrogen-bond donors (Lipinski definition) is 1. The molecule has 0 unspecified atom stereocenters. The number of carbonyl (C=O) groups excluding carboxylic acids is 1. The van der Waals surface area contributed by atoms with Gasteiger partial charge in [0.25, 0.3) is 0 Å². The standard InChI is InChI=1S/C18H16N4O2/c1-24-18-9-6-13(11-21-18)10-20-17(23)8-7-14-12-19-15-4-2-3-5-16(15)22-14/h2-9,11-12H,10H2,1H3,(H,20,23)/b8-7+. The Morgan fingerprint density at radius 1 is 1.12 bits per heavy atom. The van der Waals surface area contributed by atoms with Crippen molar-refractivity contribution in [3.05, 3.63) is 66.1 Å². The maximum atomic E-state index is 11.9. The Bertz CT molecular complexity index is 876. The molecule has 3 aromatic rings. The second-order valence-electron chi connectivity index (χ2n) is 5.04. The van der Waals surface area contributed by atoms with Crippen molar-refractivity contribution in [2.24, 2.45) is 0 Å². The maximum absolute atomic E-state index is 11.9. The number of fused-ring (bicyclic) bond motifs is 1. The van der Waals surface area contributed by atoms with Crippen LogP contribution in [0.1, 0.15) is 11.3 Å². The van der Waals surface area contributed by atoms with Gasteiger partial charge in [-0.05, 0) is 23.8 Å². The number of pyridine rings is 1. The van der Waals surface area contributed by atoms with Crippen molar-refractivity contribution in [2.45, 2.75) is 6.54 Å². The summed E-state index contributed by atoms with van der Waals surface area (Å²) in [5, 5.41) is 2.79. The molecule has 0 bridgehead atoms. The number of carbonyl (C=O) groups is 1. The summed E-state index contributed by atoms with van der Waals surface area (Å²) < 4.78 is 4.99. The number of ether oxygens (including phenoxy) is 1. The third-order valence-electron chi connectivity index (χ3n) is 3.35. The van der Waals surface area contributed by atoms with Gasteiger partial charge in [0.1, 0.15) is 0 Å². The van der Waals surface area contributed by atoms with E-state index in [0.717, 1.165) is 16.6 Å². The van der Waals surface area contributed by atoms with Crippen molar-refractivity contribution in [3.63, 3.8) is 0 Å². The Morgan fingerprint density at radius 2 is 1.96 bits per heavy atom. The normalized spacial score (nSPS) is 10.9. The molecular formula is C18H16N4O2. The van der Waals surface area contributed by atoms with Gasteiger partial charge in [0.15, 0.2) is 0 Å². The lowest BCUT2D eigenvalue weighted by Gasteiger charge is -2.03. The van der Waals surface area contributed by atoms with Crippen molar-refractivity contribution in [1.29, 1.82) is 0 Å². The van der Waals surface area contributed by atoms with Gasteiger partial charge in [-0.3, -0.25) is 9.78 Å². The van der Waals surface area contributed by atoms with Crippen LogP contribution in [0.4, 0.5) is 0 Å². The van der Waals surface area contributed by atoms with E-state index in [-0.39, 0.29) is 5.91 Å². The van der Waals surface area contributed by atoms with Crippen LogP contribution in [0.2, 0.25) is 0 Å². The Hall–Kier alpha value is -3.28. The third kappa shape index (κ3) is 3.92.